The van der Waals surface area contributed by atoms with Crippen LogP contribution in [0.3, 0.4) is 0 Å². The monoisotopic (exact) mass is 358 g/mol. The van der Waals surface area contributed by atoms with Crippen molar-refractivity contribution in [3.05, 3.63) is 35.6 Å². The third-order valence-corrected chi connectivity index (χ3v) is 4.53. The first kappa shape index (κ1) is 20.9. The molecule has 2 rings (SSSR count). The number of likely N-dealkylation sites (tertiary alicyclic amines) is 1. The largest absolute Gasteiger partial charge is 0.387 e. The van der Waals surface area contributed by atoms with Gasteiger partial charge < -0.3 is 15.3 Å². The predicted octanol–water partition coefficient (Wildman–Crippen LogP) is 2.91. The molecular weight excluding hydrogens is 331 g/mol. The molecule has 0 unspecified atom stereocenters. The third kappa shape index (κ3) is 6.04. The minimum atomic E-state index is -0.736. The number of nitrogens with zero attached hydrogens (tertiary/aromatic N) is 1. The van der Waals surface area contributed by atoms with Crippen LogP contribution in [-0.2, 0) is 4.79 Å². The maximum absolute atomic E-state index is 13.2. The van der Waals surface area contributed by atoms with E-state index < -0.39 is 6.10 Å². The van der Waals surface area contributed by atoms with E-state index in [0.29, 0.717) is 24.4 Å². The number of carbonyl (C=O) groups excluding carboxylic acids is 1. The fraction of sp³-hybridized carbons (Fsp3) is 0.611. The van der Waals surface area contributed by atoms with Crippen molar-refractivity contribution < 1.29 is 14.3 Å². The van der Waals surface area contributed by atoms with Gasteiger partial charge in [0.25, 0.3) is 0 Å². The van der Waals surface area contributed by atoms with Crippen molar-refractivity contribution in [1.29, 1.82) is 0 Å². The average molecular weight is 359 g/mol. The fourth-order valence-electron chi connectivity index (χ4n) is 3.26. The van der Waals surface area contributed by atoms with E-state index in [1.165, 1.54) is 12.1 Å². The predicted molar refractivity (Wildman–Crippen MR) is 95.7 cm³/mol. The molecule has 1 heterocycles. The molecule has 2 atom stereocenters. The molecule has 1 saturated heterocycles. The third-order valence-electron chi connectivity index (χ3n) is 4.53. The molecule has 0 spiro atoms. The summed E-state index contributed by atoms with van der Waals surface area (Å²) in [5, 5.41) is 13.6. The number of hydrogen-bond acceptors (Lipinski definition) is 3. The Balaban J connectivity index is 0.00000288. The van der Waals surface area contributed by atoms with Crippen LogP contribution in [0, 0.1) is 11.7 Å². The van der Waals surface area contributed by atoms with Crippen molar-refractivity contribution in [2.75, 3.05) is 20.1 Å². The highest BCUT2D eigenvalue weighted by Crippen LogP contribution is 2.26. The number of carbonyl (C=O) groups is 1. The molecular formula is C18H28ClFN2O2. The van der Waals surface area contributed by atoms with Crippen molar-refractivity contribution in [3.63, 3.8) is 0 Å². The number of piperidine rings is 1. The quantitative estimate of drug-likeness (QED) is 0.822. The van der Waals surface area contributed by atoms with Crippen molar-refractivity contribution in [2.45, 2.75) is 44.8 Å². The topological polar surface area (TPSA) is 52.6 Å². The summed E-state index contributed by atoms with van der Waals surface area (Å²) >= 11 is 0. The molecule has 0 radical (unpaired) electrons. The van der Waals surface area contributed by atoms with Gasteiger partial charge in [-0.3, -0.25) is 4.79 Å². The number of aliphatic hydroxyl groups excluding tert-OH is 1. The number of hydrogen-bond donors (Lipinski definition) is 2. The lowest BCUT2D eigenvalue weighted by Gasteiger charge is -2.36. The summed E-state index contributed by atoms with van der Waals surface area (Å²) in [7, 11) is 1.85. The standard InChI is InChI=1S/C18H27FN2O2.ClH/c1-18(2,10-13-7-8-17(23)21(3)12-13)20-11-16(22)14-5-4-6-15(19)9-14;/h4-6,9,13,16,20,22H,7-8,10-12H2,1-3H3;1H/t13-,16+;/m1./s1. The minimum absolute atomic E-state index is 0. The maximum atomic E-state index is 13.2. The van der Waals surface area contributed by atoms with Crippen molar-refractivity contribution in [3.8, 4) is 0 Å². The number of benzene rings is 1. The normalized spacial score (nSPS) is 19.8. The molecule has 0 aliphatic carbocycles. The van der Waals surface area contributed by atoms with Gasteiger partial charge in [-0.25, -0.2) is 4.39 Å². The van der Waals surface area contributed by atoms with Gasteiger partial charge in [0.15, 0.2) is 0 Å². The number of halogens is 2. The van der Waals surface area contributed by atoms with Crippen LogP contribution in [0.1, 0.15) is 44.8 Å². The van der Waals surface area contributed by atoms with E-state index in [-0.39, 0.29) is 29.7 Å². The van der Waals surface area contributed by atoms with E-state index in [1.807, 2.05) is 7.05 Å². The van der Waals surface area contributed by atoms with Crippen LogP contribution in [0.5, 0.6) is 0 Å². The Morgan fingerprint density at radius 3 is 2.79 bits per heavy atom. The zero-order valence-corrected chi connectivity index (χ0v) is 15.4. The second-order valence-electron chi connectivity index (χ2n) is 7.22. The molecule has 136 valence electrons. The summed E-state index contributed by atoms with van der Waals surface area (Å²) in [5.74, 6) is 0.343. The fourth-order valence-corrected chi connectivity index (χ4v) is 3.26. The Labute approximate surface area is 149 Å². The van der Waals surface area contributed by atoms with Crippen LogP contribution in [0.25, 0.3) is 0 Å². The molecule has 1 aromatic rings. The molecule has 24 heavy (non-hydrogen) atoms. The van der Waals surface area contributed by atoms with Crippen LogP contribution in [0.2, 0.25) is 0 Å². The molecule has 2 N–H and O–H groups in total. The molecule has 6 heteroatoms. The van der Waals surface area contributed by atoms with Gasteiger partial charge >= 0.3 is 0 Å². The highest BCUT2D eigenvalue weighted by molar-refractivity contribution is 5.85. The van der Waals surface area contributed by atoms with Gasteiger partial charge in [0.05, 0.1) is 6.10 Å². The lowest BCUT2D eigenvalue weighted by atomic mass is 9.85. The summed E-state index contributed by atoms with van der Waals surface area (Å²) in [6.07, 6.45) is 1.73. The first-order chi connectivity index (χ1) is 10.8. The first-order valence-corrected chi connectivity index (χ1v) is 8.19. The van der Waals surface area contributed by atoms with Crippen LogP contribution >= 0.6 is 12.4 Å². The van der Waals surface area contributed by atoms with Gasteiger partial charge in [-0.1, -0.05) is 12.1 Å². The van der Waals surface area contributed by atoms with Gasteiger partial charge in [-0.05, 0) is 50.3 Å². The molecule has 4 nitrogen and oxygen atoms in total. The molecule has 1 amide bonds. The molecule has 1 fully saturated rings. The second kappa shape index (κ2) is 8.79. The molecule has 0 aromatic heterocycles. The number of amides is 1. The summed E-state index contributed by atoms with van der Waals surface area (Å²) in [5.41, 5.74) is 0.427. The van der Waals surface area contributed by atoms with E-state index in [4.69, 9.17) is 0 Å². The lowest BCUT2D eigenvalue weighted by Crippen LogP contribution is -2.46. The van der Waals surface area contributed by atoms with Crippen molar-refractivity contribution >= 4 is 18.3 Å². The van der Waals surface area contributed by atoms with E-state index in [1.54, 1.807) is 17.0 Å². The SMILES string of the molecule is CN1C[C@@H](CC(C)(C)NC[C@H](O)c2cccc(F)c2)CCC1=O.Cl. The second-order valence-corrected chi connectivity index (χ2v) is 7.22. The highest BCUT2D eigenvalue weighted by Gasteiger charge is 2.29. The zero-order valence-electron chi connectivity index (χ0n) is 14.6. The summed E-state index contributed by atoms with van der Waals surface area (Å²) in [6.45, 7) is 5.36. The number of aliphatic hydroxyl groups is 1. The maximum Gasteiger partial charge on any atom is 0.222 e. The number of β-amino-alcohol motifs (C(OH)–C–C–N with tert-alkyl or cyclic N) is 1. The molecule has 0 saturated carbocycles. The van der Waals surface area contributed by atoms with Crippen molar-refractivity contribution in [1.82, 2.24) is 10.2 Å². The lowest BCUT2D eigenvalue weighted by molar-refractivity contribution is -0.133. The summed E-state index contributed by atoms with van der Waals surface area (Å²) in [6, 6.07) is 6.06. The molecule has 0 bridgehead atoms. The van der Waals surface area contributed by atoms with Crippen LogP contribution < -0.4 is 5.32 Å². The summed E-state index contributed by atoms with van der Waals surface area (Å²) in [4.78, 5) is 13.3. The summed E-state index contributed by atoms with van der Waals surface area (Å²) < 4.78 is 13.2. The number of nitrogens with one attached hydrogen (secondary N) is 1. The van der Waals surface area contributed by atoms with E-state index in [9.17, 15) is 14.3 Å². The van der Waals surface area contributed by atoms with E-state index in [2.05, 4.69) is 19.2 Å². The highest BCUT2D eigenvalue weighted by atomic mass is 35.5. The van der Waals surface area contributed by atoms with Gasteiger partial charge in [-0.15, -0.1) is 12.4 Å². The van der Waals surface area contributed by atoms with Gasteiger partial charge in [-0.2, -0.15) is 0 Å². The van der Waals surface area contributed by atoms with Crippen LogP contribution in [-0.4, -0.2) is 41.6 Å². The minimum Gasteiger partial charge on any atom is -0.387 e. The van der Waals surface area contributed by atoms with Gasteiger partial charge in [0, 0.05) is 32.1 Å². The molecule has 1 aliphatic rings. The van der Waals surface area contributed by atoms with Crippen LogP contribution in [0.4, 0.5) is 4.39 Å². The zero-order chi connectivity index (χ0) is 17.0. The molecule has 1 aromatic carbocycles. The average Bonchev–Trinajstić information content (AvgIpc) is 2.48. The van der Waals surface area contributed by atoms with Crippen molar-refractivity contribution in [2.24, 2.45) is 5.92 Å². The Hall–Kier alpha value is -1.17. The number of rotatable bonds is 6. The Bertz CT molecular complexity index is 554. The molecule has 1 aliphatic heterocycles. The van der Waals surface area contributed by atoms with Crippen LogP contribution in [0.15, 0.2) is 24.3 Å². The van der Waals surface area contributed by atoms with Gasteiger partial charge in [0.2, 0.25) is 5.91 Å². The van der Waals surface area contributed by atoms with Gasteiger partial charge in [0.1, 0.15) is 5.82 Å². The van der Waals surface area contributed by atoms with E-state index >= 15 is 0 Å². The van der Waals surface area contributed by atoms with E-state index in [0.717, 1.165) is 19.4 Å². The Kier molecular flexibility index (Phi) is 7.64. The smallest absolute Gasteiger partial charge is 0.222 e. The Morgan fingerprint density at radius 1 is 1.46 bits per heavy atom. The first-order valence-electron chi connectivity index (χ1n) is 8.19. The Morgan fingerprint density at radius 2 is 2.17 bits per heavy atom.